The van der Waals surface area contributed by atoms with E-state index in [1.165, 1.54) is 44.1 Å². The van der Waals surface area contributed by atoms with Gasteiger partial charge in [0.05, 0.1) is 0 Å². The van der Waals surface area contributed by atoms with Crippen LogP contribution in [0.15, 0.2) is 24.3 Å². The van der Waals surface area contributed by atoms with E-state index in [1.54, 1.807) is 12.1 Å². The van der Waals surface area contributed by atoms with Gasteiger partial charge < -0.3 is 0 Å². The van der Waals surface area contributed by atoms with Crippen LogP contribution in [0.2, 0.25) is 0 Å². The summed E-state index contributed by atoms with van der Waals surface area (Å²) in [4.78, 5) is 12.1. The molecule has 4 aliphatic carbocycles. The number of Topliss-reactive ketones (excluding diaryl/α,β-unsaturated/α-hetero) is 1. The Hall–Kier alpha value is -1.18. The molecule has 0 saturated heterocycles. The first-order valence-corrected chi connectivity index (χ1v) is 11.6. The fourth-order valence-electron chi connectivity index (χ4n) is 8.60. The molecule has 0 N–H and O–H groups in total. The van der Waals surface area contributed by atoms with E-state index < -0.39 is 0 Å². The predicted octanol–water partition coefficient (Wildman–Crippen LogP) is 6.70. The summed E-state index contributed by atoms with van der Waals surface area (Å²) in [6.45, 7) is 7.52. The number of hydrogen-bond acceptors (Lipinski definition) is 1. The van der Waals surface area contributed by atoms with Crippen LogP contribution in [0.25, 0.3) is 0 Å². The van der Waals surface area contributed by atoms with Crippen LogP contribution in [0.3, 0.4) is 0 Å². The van der Waals surface area contributed by atoms with E-state index >= 15 is 0 Å². The van der Waals surface area contributed by atoms with Crippen LogP contribution in [0.5, 0.6) is 0 Å². The van der Waals surface area contributed by atoms with E-state index in [2.05, 4.69) is 20.8 Å². The number of ketones is 1. The molecule has 1 nitrogen and oxygen atoms in total. The van der Waals surface area contributed by atoms with Crippen molar-refractivity contribution in [2.24, 2.45) is 34.5 Å². The molecule has 4 saturated carbocycles. The fourth-order valence-corrected chi connectivity index (χ4v) is 8.60. The average molecular weight is 383 g/mol. The Balaban J connectivity index is 1.47. The molecule has 0 aliphatic heterocycles. The second-order valence-electron chi connectivity index (χ2n) is 11.2. The molecule has 0 bridgehead atoms. The summed E-state index contributed by atoms with van der Waals surface area (Å²) in [5.74, 6) is 3.39. The third-order valence-corrected chi connectivity index (χ3v) is 10.6. The lowest BCUT2D eigenvalue weighted by Crippen LogP contribution is -2.55. The molecule has 0 heterocycles. The van der Waals surface area contributed by atoms with Crippen molar-refractivity contribution in [2.45, 2.75) is 84.0 Å². The van der Waals surface area contributed by atoms with Gasteiger partial charge >= 0.3 is 0 Å². The van der Waals surface area contributed by atoms with E-state index in [-0.39, 0.29) is 11.2 Å². The molecule has 2 unspecified atom stereocenters. The molecule has 1 aromatic carbocycles. The quantitative estimate of drug-likeness (QED) is 0.528. The van der Waals surface area contributed by atoms with Crippen molar-refractivity contribution in [2.75, 3.05) is 0 Å². The number of carbonyl (C=O) groups is 1. The van der Waals surface area contributed by atoms with Gasteiger partial charge in [0.15, 0.2) is 0 Å². The normalized spacial score (nSPS) is 47.9. The van der Waals surface area contributed by atoms with Gasteiger partial charge in [0.1, 0.15) is 11.6 Å². The maximum atomic E-state index is 13.6. The van der Waals surface area contributed by atoms with Gasteiger partial charge in [0.2, 0.25) is 0 Å². The second-order valence-corrected chi connectivity index (χ2v) is 11.2. The molecule has 152 valence electrons. The first-order valence-electron chi connectivity index (χ1n) is 11.6. The number of halogens is 1. The monoisotopic (exact) mass is 382 g/mol. The third-order valence-electron chi connectivity index (χ3n) is 10.6. The van der Waals surface area contributed by atoms with Gasteiger partial charge in [-0.15, -0.1) is 0 Å². The zero-order valence-electron chi connectivity index (χ0n) is 17.8. The maximum absolute atomic E-state index is 13.6. The van der Waals surface area contributed by atoms with E-state index in [4.69, 9.17) is 0 Å². The van der Waals surface area contributed by atoms with Gasteiger partial charge in [-0.2, -0.15) is 0 Å². The van der Waals surface area contributed by atoms with E-state index in [9.17, 15) is 9.18 Å². The van der Waals surface area contributed by atoms with Crippen LogP contribution in [-0.2, 0) is 10.2 Å². The Morgan fingerprint density at radius 2 is 1.61 bits per heavy atom. The van der Waals surface area contributed by atoms with Crippen LogP contribution in [0, 0.1) is 40.3 Å². The molecule has 28 heavy (non-hydrogen) atoms. The number of carbonyl (C=O) groups excluding carboxylic acids is 1. The Morgan fingerprint density at radius 3 is 2.36 bits per heavy atom. The molecule has 4 aliphatic rings. The molecule has 0 amide bonds. The minimum absolute atomic E-state index is 0.131. The highest BCUT2D eigenvalue weighted by molar-refractivity contribution is 5.79. The molecule has 2 heteroatoms. The lowest BCUT2D eigenvalue weighted by Gasteiger charge is -2.61. The summed E-state index contributed by atoms with van der Waals surface area (Å²) in [6.07, 6.45) is 10.5. The fraction of sp³-hybridized carbons (Fsp3) is 0.731. The van der Waals surface area contributed by atoms with Gasteiger partial charge in [-0.3, -0.25) is 4.79 Å². The van der Waals surface area contributed by atoms with Crippen molar-refractivity contribution in [1.29, 1.82) is 0 Å². The minimum atomic E-state index is -0.131. The van der Waals surface area contributed by atoms with E-state index in [0.717, 1.165) is 37.0 Å². The summed E-state index contributed by atoms with van der Waals surface area (Å²) in [6, 6.07) is 7.38. The van der Waals surface area contributed by atoms with Crippen molar-refractivity contribution in [3.63, 3.8) is 0 Å². The third kappa shape index (κ3) is 2.39. The Labute approximate surface area is 169 Å². The van der Waals surface area contributed by atoms with Crippen molar-refractivity contribution >= 4 is 5.78 Å². The second kappa shape index (κ2) is 6.16. The number of fused-ring (bicyclic) bond motifs is 5. The van der Waals surface area contributed by atoms with Crippen molar-refractivity contribution < 1.29 is 9.18 Å². The molecular formula is C26H35FO. The van der Waals surface area contributed by atoms with Gasteiger partial charge in [0.25, 0.3) is 0 Å². The van der Waals surface area contributed by atoms with Gasteiger partial charge in [-0.25, -0.2) is 4.39 Å². The Morgan fingerprint density at radius 1 is 0.893 bits per heavy atom. The molecule has 0 spiro atoms. The topological polar surface area (TPSA) is 17.1 Å². The van der Waals surface area contributed by atoms with Crippen LogP contribution in [0.1, 0.15) is 84.1 Å². The van der Waals surface area contributed by atoms with E-state index in [0.29, 0.717) is 22.5 Å². The van der Waals surface area contributed by atoms with Crippen molar-refractivity contribution in [1.82, 2.24) is 0 Å². The van der Waals surface area contributed by atoms with Crippen molar-refractivity contribution in [3.05, 3.63) is 35.6 Å². The first kappa shape index (κ1) is 18.8. The van der Waals surface area contributed by atoms with Crippen LogP contribution >= 0.6 is 0 Å². The minimum Gasteiger partial charge on any atom is -0.300 e. The van der Waals surface area contributed by atoms with Crippen LogP contribution in [0.4, 0.5) is 4.39 Å². The summed E-state index contributed by atoms with van der Waals surface area (Å²) in [7, 11) is 0. The van der Waals surface area contributed by atoms with Gasteiger partial charge in [-0.05, 0) is 103 Å². The zero-order valence-corrected chi connectivity index (χ0v) is 17.8. The van der Waals surface area contributed by atoms with Crippen LogP contribution in [-0.4, -0.2) is 5.78 Å². The Bertz CT molecular complexity index is 784. The van der Waals surface area contributed by atoms with Crippen LogP contribution < -0.4 is 0 Å². The Kier molecular flexibility index (Phi) is 4.14. The molecule has 5 rings (SSSR count). The highest BCUT2D eigenvalue weighted by Crippen LogP contribution is 2.70. The summed E-state index contributed by atoms with van der Waals surface area (Å²) < 4.78 is 13.6. The van der Waals surface area contributed by atoms with Crippen molar-refractivity contribution in [3.8, 4) is 0 Å². The molecular weight excluding hydrogens is 347 g/mol. The van der Waals surface area contributed by atoms with Gasteiger partial charge in [0, 0.05) is 12.8 Å². The average Bonchev–Trinajstić information content (AvgIpc) is 2.95. The summed E-state index contributed by atoms with van der Waals surface area (Å²) in [5, 5.41) is 0. The SMILES string of the molecule is C[C@]12CCC(=O)CC1CCC1[C@@H]2CC[C@@]2(C)[C@H]1CC[C@]2(C)c1ccc(F)cc1. The largest absolute Gasteiger partial charge is 0.300 e. The summed E-state index contributed by atoms with van der Waals surface area (Å²) >= 11 is 0. The van der Waals surface area contributed by atoms with E-state index in [1.807, 2.05) is 12.1 Å². The number of hydrogen-bond donors (Lipinski definition) is 0. The maximum Gasteiger partial charge on any atom is 0.133 e. The first-order chi connectivity index (χ1) is 13.3. The standard InChI is InChI=1S/C26H35FO/c1-24-13-10-20(28)16-18(24)6-9-21-22(24)11-15-26(3)23(21)12-14-25(26,2)17-4-7-19(27)8-5-17/h4-5,7-8,18,21-23H,6,9-16H2,1-3H3/t18?,21?,22-,23-,24-,25+,26-/m0/s1. The lowest BCUT2D eigenvalue weighted by molar-refractivity contribution is -0.140. The lowest BCUT2D eigenvalue weighted by atomic mass is 9.43. The molecule has 1 aromatic rings. The zero-order chi connectivity index (χ0) is 19.7. The molecule has 7 atom stereocenters. The molecule has 0 aromatic heterocycles. The smallest absolute Gasteiger partial charge is 0.133 e. The molecule has 0 radical (unpaired) electrons. The van der Waals surface area contributed by atoms with Gasteiger partial charge in [-0.1, -0.05) is 32.9 Å². The number of rotatable bonds is 1. The predicted molar refractivity (Wildman–Crippen MR) is 110 cm³/mol. The summed E-state index contributed by atoms with van der Waals surface area (Å²) in [5.41, 5.74) is 2.17. The number of benzene rings is 1. The highest BCUT2D eigenvalue weighted by atomic mass is 19.1. The highest BCUT2D eigenvalue weighted by Gasteiger charge is 2.63. The molecule has 4 fully saturated rings.